The molecule has 0 aliphatic heterocycles. The van der Waals surface area contributed by atoms with Gasteiger partial charge in [0.05, 0.1) is 22.9 Å². The van der Waals surface area contributed by atoms with E-state index in [-0.39, 0.29) is 30.1 Å². The molecule has 0 spiro atoms. The van der Waals surface area contributed by atoms with E-state index in [0.717, 1.165) is 28.3 Å². The lowest BCUT2D eigenvalue weighted by molar-refractivity contribution is -0.125. The van der Waals surface area contributed by atoms with E-state index >= 15 is 0 Å². The molecule has 0 fully saturated rings. The molecule has 3 aromatic rings. The molecule has 3 N–H and O–H groups in total. The van der Waals surface area contributed by atoms with Gasteiger partial charge in [-0.2, -0.15) is 0 Å². The molecule has 148 valence electrons. The molecule has 2 heterocycles. The molecule has 6 heteroatoms. The van der Waals surface area contributed by atoms with Crippen molar-refractivity contribution in [3.8, 4) is 11.3 Å². The summed E-state index contributed by atoms with van der Waals surface area (Å²) in [7, 11) is 0. The first-order valence-corrected chi connectivity index (χ1v) is 9.84. The number of nitrogens with one attached hydrogen (secondary N) is 3. The average Bonchev–Trinajstić information content (AvgIpc) is 3.08. The van der Waals surface area contributed by atoms with Crippen molar-refractivity contribution in [1.82, 2.24) is 15.3 Å². The first kappa shape index (κ1) is 18.9. The highest BCUT2D eigenvalue weighted by Crippen LogP contribution is 2.39. The number of benzene rings is 1. The van der Waals surface area contributed by atoms with Crippen molar-refractivity contribution in [3.05, 3.63) is 66.1 Å². The molecule has 1 unspecified atom stereocenters. The minimum Gasteiger partial charge on any atom is -0.356 e. The van der Waals surface area contributed by atoms with E-state index in [4.69, 9.17) is 0 Å². The molecule has 0 saturated carbocycles. The predicted molar refractivity (Wildman–Crippen MR) is 113 cm³/mol. The second-order valence-corrected chi connectivity index (χ2v) is 7.65. The normalized spacial score (nSPS) is 15.8. The topological polar surface area (TPSA) is 86.9 Å². The van der Waals surface area contributed by atoms with E-state index in [9.17, 15) is 9.59 Å². The molecule has 0 saturated heterocycles. The van der Waals surface area contributed by atoms with E-state index < -0.39 is 0 Å². The molecule has 1 aliphatic rings. The Labute approximate surface area is 169 Å². The van der Waals surface area contributed by atoms with Gasteiger partial charge in [0.25, 0.3) is 0 Å². The summed E-state index contributed by atoms with van der Waals surface area (Å²) in [5.41, 5.74) is 4.87. The van der Waals surface area contributed by atoms with Crippen molar-refractivity contribution in [2.45, 2.75) is 32.7 Å². The first-order chi connectivity index (χ1) is 14.0. The van der Waals surface area contributed by atoms with Crippen LogP contribution in [0.1, 0.15) is 36.3 Å². The van der Waals surface area contributed by atoms with Crippen LogP contribution in [0.3, 0.4) is 0 Å². The Morgan fingerprint density at radius 3 is 2.52 bits per heavy atom. The quantitative estimate of drug-likeness (QED) is 0.614. The summed E-state index contributed by atoms with van der Waals surface area (Å²) in [5.74, 6) is -0.451. The van der Waals surface area contributed by atoms with E-state index in [1.165, 1.54) is 0 Å². The minimum absolute atomic E-state index is 0.0230. The van der Waals surface area contributed by atoms with Crippen LogP contribution in [0, 0.1) is 5.92 Å². The van der Waals surface area contributed by atoms with Gasteiger partial charge in [-0.05, 0) is 38.1 Å². The van der Waals surface area contributed by atoms with Gasteiger partial charge in [0.2, 0.25) is 5.91 Å². The van der Waals surface area contributed by atoms with E-state index in [1.54, 1.807) is 12.4 Å². The van der Waals surface area contributed by atoms with Crippen molar-refractivity contribution < 1.29 is 9.59 Å². The maximum atomic E-state index is 13.1. The van der Waals surface area contributed by atoms with Gasteiger partial charge >= 0.3 is 0 Å². The highest BCUT2D eigenvalue weighted by atomic mass is 16.2. The average molecular weight is 388 g/mol. The Bertz CT molecular complexity index is 1030. The molecule has 29 heavy (non-hydrogen) atoms. The zero-order valence-electron chi connectivity index (χ0n) is 16.5. The number of H-pyrrole nitrogens is 1. The smallest absolute Gasteiger partial charge is 0.224 e. The van der Waals surface area contributed by atoms with Gasteiger partial charge in [-0.3, -0.25) is 14.6 Å². The molecular formula is C23H24N4O2. The first-order valence-electron chi connectivity index (χ1n) is 9.84. The summed E-state index contributed by atoms with van der Waals surface area (Å²) in [6.45, 7) is 3.85. The van der Waals surface area contributed by atoms with Gasteiger partial charge in [-0.1, -0.05) is 18.2 Å². The van der Waals surface area contributed by atoms with Crippen molar-refractivity contribution in [3.63, 3.8) is 0 Å². The number of amides is 1. The molecular weight excluding hydrogens is 364 g/mol. The number of hydrogen-bond donors (Lipinski definition) is 3. The molecule has 0 radical (unpaired) electrons. The monoisotopic (exact) mass is 388 g/mol. The Hall–Kier alpha value is -3.41. The molecule has 1 aliphatic carbocycles. The van der Waals surface area contributed by atoms with Crippen LogP contribution in [0.2, 0.25) is 0 Å². The zero-order valence-corrected chi connectivity index (χ0v) is 16.5. The molecule has 2 aromatic heterocycles. The number of para-hydroxylation sites is 1. The Balaban J connectivity index is 1.76. The second-order valence-electron chi connectivity index (χ2n) is 7.65. The number of pyridine rings is 1. The number of rotatable bonds is 5. The summed E-state index contributed by atoms with van der Waals surface area (Å²) in [6.07, 6.45) is 4.17. The minimum atomic E-state index is -0.356. The second kappa shape index (κ2) is 7.91. The number of fused-ring (bicyclic) bond motifs is 1. The van der Waals surface area contributed by atoms with Gasteiger partial charge in [-0.25, -0.2) is 0 Å². The van der Waals surface area contributed by atoms with Crippen LogP contribution in [0.15, 0.2) is 54.9 Å². The Morgan fingerprint density at radius 1 is 1.10 bits per heavy atom. The van der Waals surface area contributed by atoms with Crippen LogP contribution < -0.4 is 10.6 Å². The summed E-state index contributed by atoms with van der Waals surface area (Å²) in [5, 5.41) is 6.34. The van der Waals surface area contributed by atoms with Crippen molar-refractivity contribution >= 4 is 23.1 Å². The summed E-state index contributed by atoms with van der Waals surface area (Å²) in [4.78, 5) is 33.1. The molecule has 1 aromatic carbocycles. The Kier molecular flexibility index (Phi) is 5.16. The highest BCUT2D eigenvalue weighted by molar-refractivity contribution is 6.09. The lowest BCUT2D eigenvalue weighted by Gasteiger charge is -2.22. The molecule has 1 atom stereocenters. The van der Waals surface area contributed by atoms with E-state index in [1.807, 2.05) is 56.3 Å². The Morgan fingerprint density at radius 2 is 1.83 bits per heavy atom. The van der Waals surface area contributed by atoms with Crippen molar-refractivity contribution in [2.75, 3.05) is 5.32 Å². The molecule has 1 amide bonds. The van der Waals surface area contributed by atoms with Crippen molar-refractivity contribution in [2.24, 2.45) is 5.92 Å². The molecule has 0 bridgehead atoms. The number of aromatic amines is 1. The standard InChI is InChI=1S/C23H24N4O2/c1-14(2)25-23(29)16-12-18-20(19(28)13-16)22(26-17-6-4-3-5-7-17)21(27-18)15-8-10-24-11-9-15/h3-11,14,16,26-27H,12-13H2,1-2H3,(H,25,29). The fourth-order valence-corrected chi connectivity index (χ4v) is 3.77. The number of aromatic nitrogens is 2. The van der Waals surface area contributed by atoms with Crippen LogP contribution in [0.25, 0.3) is 11.3 Å². The van der Waals surface area contributed by atoms with Crippen LogP contribution in [-0.4, -0.2) is 27.7 Å². The summed E-state index contributed by atoms with van der Waals surface area (Å²) >= 11 is 0. The van der Waals surface area contributed by atoms with Gasteiger partial charge in [0, 0.05) is 48.2 Å². The molecule has 4 rings (SSSR count). The maximum absolute atomic E-state index is 13.1. The van der Waals surface area contributed by atoms with Gasteiger partial charge in [0.1, 0.15) is 0 Å². The number of Topliss-reactive ketones (excluding diaryl/α,β-unsaturated/α-hetero) is 1. The lowest BCUT2D eigenvalue weighted by Crippen LogP contribution is -2.39. The fraction of sp³-hybridized carbons (Fsp3) is 0.261. The number of nitrogens with zero attached hydrogens (tertiary/aromatic N) is 1. The summed E-state index contributed by atoms with van der Waals surface area (Å²) < 4.78 is 0. The third kappa shape index (κ3) is 3.92. The predicted octanol–water partition coefficient (Wildman–Crippen LogP) is 4.09. The van der Waals surface area contributed by atoms with Gasteiger partial charge in [0.15, 0.2) is 5.78 Å². The number of carbonyl (C=O) groups excluding carboxylic acids is 2. The number of carbonyl (C=O) groups is 2. The fourth-order valence-electron chi connectivity index (χ4n) is 3.77. The van der Waals surface area contributed by atoms with Crippen LogP contribution in [0.5, 0.6) is 0 Å². The lowest BCUT2D eigenvalue weighted by atomic mass is 9.85. The SMILES string of the molecule is CC(C)NC(=O)C1CC(=O)c2c([nH]c(-c3ccncc3)c2Nc2ccccc2)C1. The highest BCUT2D eigenvalue weighted by Gasteiger charge is 2.35. The van der Waals surface area contributed by atoms with Gasteiger partial charge in [-0.15, -0.1) is 0 Å². The zero-order chi connectivity index (χ0) is 20.4. The number of hydrogen-bond acceptors (Lipinski definition) is 4. The van der Waals surface area contributed by atoms with Crippen molar-refractivity contribution in [1.29, 1.82) is 0 Å². The number of ketones is 1. The van der Waals surface area contributed by atoms with Crippen LogP contribution in [-0.2, 0) is 11.2 Å². The van der Waals surface area contributed by atoms with E-state index in [2.05, 4.69) is 20.6 Å². The maximum Gasteiger partial charge on any atom is 0.224 e. The van der Waals surface area contributed by atoms with Crippen LogP contribution >= 0.6 is 0 Å². The summed E-state index contributed by atoms with van der Waals surface area (Å²) in [6, 6.07) is 13.6. The number of anilines is 2. The third-order valence-corrected chi connectivity index (χ3v) is 5.05. The largest absolute Gasteiger partial charge is 0.356 e. The third-order valence-electron chi connectivity index (χ3n) is 5.05. The van der Waals surface area contributed by atoms with E-state index in [0.29, 0.717) is 12.0 Å². The van der Waals surface area contributed by atoms with Crippen LogP contribution in [0.4, 0.5) is 11.4 Å². The molecule has 6 nitrogen and oxygen atoms in total. The van der Waals surface area contributed by atoms with Gasteiger partial charge < -0.3 is 15.6 Å².